The fraction of sp³-hybridized carbons (Fsp3) is 0.344. The molecule has 2 aromatic carbocycles. The van der Waals surface area contributed by atoms with Gasteiger partial charge >= 0.3 is 0 Å². The third-order valence-corrected chi connectivity index (χ3v) is 7.79. The van der Waals surface area contributed by atoms with Gasteiger partial charge in [-0.3, -0.25) is 4.79 Å². The fourth-order valence-electron chi connectivity index (χ4n) is 5.74. The van der Waals surface area contributed by atoms with Crippen LogP contribution in [0.3, 0.4) is 0 Å². The molecule has 7 nitrogen and oxygen atoms in total. The van der Waals surface area contributed by atoms with Crippen LogP contribution >= 0.6 is 0 Å². The summed E-state index contributed by atoms with van der Waals surface area (Å²) in [7, 11) is 0. The van der Waals surface area contributed by atoms with Crippen molar-refractivity contribution in [1.82, 2.24) is 14.9 Å². The van der Waals surface area contributed by atoms with Crippen molar-refractivity contribution in [1.29, 1.82) is 0 Å². The molecule has 2 N–H and O–H groups in total. The molecule has 0 radical (unpaired) electrons. The Hall–Kier alpha value is -3.97. The van der Waals surface area contributed by atoms with Crippen LogP contribution in [0.4, 0.5) is 11.6 Å². The van der Waals surface area contributed by atoms with Crippen molar-refractivity contribution < 1.29 is 9.21 Å². The quantitative estimate of drug-likeness (QED) is 0.253. The number of fused-ring (bicyclic) bond motifs is 3. The third kappa shape index (κ3) is 6.04. The number of carbonyl (C=O) groups excluding carboxylic acids is 1. The maximum Gasteiger partial charge on any atom is 0.224 e. The molecule has 0 bridgehead atoms. The van der Waals surface area contributed by atoms with Crippen LogP contribution in [0.15, 0.2) is 77.5 Å². The monoisotopic (exact) mass is 521 g/mol. The van der Waals surface area contributed by atoms with E-state index in [1.165, 1.54) is 42.6 Å². The number of nitrogens with one attached hydrogen (secondary N) is 2. The number of amides is 1. The number of aromatic nitrogens is 2. The zero-order chi connectivity index (χ0) is 26.4. The summed E-state index contributed by atoms with van der Waals surface area (Å²) in [6.07, 6.45) is 9.19. The first kappa shape index (κ1) is 25.3. The molecule has 4 aromatic rings. The topological polar surface area (TPSA) is 83.3 Å². The summed E-state index contributed by atoms with van der Waals surface area (Å²) in [5, 5.41) is 6.44. The summed E-state index contributed by atoms with van der Waals surface area (Å²) in [4.78, 5) is 24.5. The first-order valence-corrected chi connectivity index (χ1v) is 14.1. The zero-order valence-electron chi connectivity index (χ0n) is 22.2. The molecular formula is C32H35N5O2. The number of hydrogen-bond donors (Lipinski definition) is 2. The minimum atomic E-state index is -0.0197. The highest BCUT2D eigenvalue weighted by Gasteiger charge is 2.27. The van der Waals surface area contributed by atoms with Gasteiger partial charge in [-0.15, -0.1) is 0 Å². The van der Waals surface area contributed by atoms with E-state index in [2.05, 4.69) is 56.9 Å². The molecule has 7 heteroatoms. The second-order valence-electron chi connectivity index (χ2n) is 10.5. The number of anilines is 2. The van der Waals surface area contributed by atoms with Crippen LogP contribution in [0.5, 0.6) is 0 Å². The van der Waals surface area contributed by atoms with E-state index in [1.54, 1.807) is 6.26 Å². The van der Waals surface area contributed by atoms with Crippen molar-refractivity contribution in [2.75, 3.05) is 36.8 Å². The summed E-state index contributed by atoms with van der Waals surface area (Å²) in [6.45, 7) is 4.48. The number of rotatable bonds is 10. The molecule has 200 valence electrons. The average molecular weight is 522 g/mol. The molecule has 0 spiro atoms. The van der Waals surface area contributed by atoms with E-state index >= 15 is 0 Å². The standard InChI is InChI=1S/C32H35N5O2/c38-30(15-14-26-7-5-20-39-26)35-25-12-10-23(11-13-25)29-21-24-22-34-32(33-16-6-19-37-17-3-4-18-37)36-31(24)28-9-2-1-8-27(28)29/h1-2,5,7-13,20,22,29H,3-4,6,14-19,21H2,(H,35,38)(H,33,34,36). The summed E-state index contributed by atoms with van der Waals surface area (Å²) in [6, 6.07) is 20.5. The predicted molar refractivity (Wildman–Crippen MR) is 154 cm³/mol. The highest BCUT2D eigenvalue weighted by Crippen LogP contribution is 2.42. The SMILES string of the molecule is O=C(CCc1ccco1)Nc1ccc(C2Cc3cnc(NCCCN4CCCC4)nc3-c3ccccc32)cc1. The summed E-state index contributed by atoms with van der Waals surface area (Å²) >= 11 is 0. The molecule has 1 atom stereocenters. The van der Waals surface area contributed by atoms with Gasteiger partial charge in [0.2, 0.25) is 11.9 Å². The Morgan fingerprint density at radius 1 is 1.03 bits per heavy atom. The van der Waals surface area contributed by atoms with Crippen LogP contribution in [0.25, 0.3) is 11.3 Å². The van der Waals surface area contributed by atoms with Crippen LogP contribution in [0, 0.1) is 0 Å². The van der Waals surface area contributed by atoms with E-state index in [0.29, 0.717) is 18.8 Å². The second kappa shape index (κ2) is 11.8. The first-order valence-electron chi connectivity index (χ1n) is 14.1. The van der Waals surface area contributed by atoms with Gasteiger partial charge in [-0.2, -0.15) is 0 Å². The number of furan rings is 1. The molecule has 1 unspecified atom stereocenters. The molecule has 1 aliphatic carbocycles. The predicted octanol–water partition coefficient (Wildman–Crippen LogP) is 5.89. The van der Waals surface area contributed by atoms with Gasteiger partial charge in [0, 0.05) is 42.8 Å². The Balaban J connectivity index is 1.11. The number of aryl methyl sites for hydroxylation is 1. The first-order chi connectivity index (χ1) is 19.2. The second-order valence-corrected chi connectivity index (χ2v) is 10.5. The van der Waals surface area contributed by atoms with Gasteiger partial charge in [0.25, 0.3) is 0 Å². The Morgan fingerprint density at radius 2 is 1.87 bits per heavy atom. The minimum Gasteiger partial charge on any atom is -0.469 e. The van der Waals surface area contributed by atoms with Gasteiger partial charge in [-0.05, 0) is 86.3 Å². The molecule has 1 fully saturated rings. The number of benzene rings is 2. The third-order valence-electron chi connectivity index (χ3n) is 7.79. The number of nitrogens with zero attached hydrogens (tertiary/aromatic N) is 3. The van der Waals surface area contributed by atoms with Gasteiger partial charge in [0.1, 0.15) is 5.76 Å². The maximum atomic E-state index is 12.4. The van der Waals surface area contributed by atoms with Crippen molar-refractivity contribution in [2.24, 2.45) is 0 Å². The molecule has 6 rings (SSSR count). The molecule has 39 heavy (non-hydrogen) atoms. The lowest BCUT2D eigenvalue weighted by atomic mass is 9.78. The molecule has 3 heterocycles. The normalized spacial score (nSPS) is 16.5. The Labute approximate surface area is 229 Å². The number of hydrogen-bond acceptors (Lipinski definition) is 6. The summed E-state index contributed by atoms with van der Waals surface area (Å²) in [5.41, 5.74) is 6.65. The summed E-state index contributed by atoms with van der Waals surface area (Å²) < 4.78 is 5.32. The lowest BCUT2D eigenvalue weighted by Gasteiger charge is -2.27. The number of carbonyl (C=O) groups is 1. The van der Waals surface area contributed by atoms with Crippen molar-refractivity contribution in [3.63, 3.8) is 0 Å². The van der Waals surface area contributed by atoms with Gasteiger partial charge in [0.15, 0.2) is 0 Å². The Kier molecular flexibility index (Phi) is 7.68. The maximum absolute atomic E-state index is 12.4. The van der Waals surface area contributed by atoms with Crippen molar-refractivity contribution in [3.05, 3.63) is 95.6 Å². The van der Waals surface area contributed by atoms with Crippen molar-refractivity contribution in [2.45, 2.75) is 44.4 Å². The van der Waals surface area contributed by atoms with E-state index in [4.69, 9.17) is 9.40 Å². The summed E-state index contributed by atoms with van der Waals surface area (Å²) in [5.74, 6) is 1.71. The Bertz CT molecular complexity index is 1390. The van der Waals surface area contributed by atoms with Crippen molar-refractivity contribution in [3.8, 4) is 11.3 Å². The minimum absolute atomic E-state index is 0.0197. The van der Waals surface area contributed by atoms with Gasteiger partial charge in [-0.1, -0.05) is 36.4 Å². The van der Waals surface area contributed by atoms with Crippen LogP contribution in [0.1, 0.15) is 54.1 Å². The van der Waals surface area contributed by atoms with E-state index < -0.39 is 0 Å². The molecule has 0 saturated carbocycles. The van der Waals surface area contributed by atoms with Crippen LogP contribution in [0.2, 0.25) is 0 Å². The van der Waals surface area contributed by atoms with Crippen molar-refractivity contribution >= 4 is 17.5 Å². The van der Waals surface area contributed by atoms with E-state index in [9.17, 15) is 4.79 Å². The van der Waals surface area contributed by atoms with E-state index in [1.807, 2.05) is 30.5 Å². The fourth-order valence-corrected chi connectivity index (χ4v) is 5.74. The van der Waals surface area contributed by atoms with E-state index in [-0.39, 0.29) is 11.8 Å². The number of likely N-dealkylation sites (tertiary alicyclic amines) is 1. The van der Waals surface area contributed by atoms with Crippen LogP contribution < -0.4 is 10.6 Å². The molecule has 2 aliphatic rings. The van der Waals surface area contributed by atoms with Crippen LogP contribution in [-0.4, -0.2) is 47.0 Å². The average Bonchev–Trinajstić information content (AvgIpc) is 3.69. The highest BCUT2D eigenvalue weighted by molar-refractivity contribution is 5.90. The Morgan fingerprint density at radius 3 is 2.69 bits per heavy atom. The molecule has 1 amide bonds. The van der Waals surface area contributed by atoms with Gasteiger partial charge < -0.3 is 20.0 Å². The highest BCUT2D eigenvalue weighted by atomic mass is 16.3. The molecular weight excluding hydrogens is 486 g/mol. The molecule has 1 saturated heterocycles. The smallest absolute Gasteiger partial charge is 0.224 e. The van der Waals surface area contributed by atoms with Gasteiger partial charge in [-0.25, -0.2) is 9.97 Å². The van der Waals surface area contributed by atoms with Gasteiger partial charge in [0.05, 0.1) is 12.0 Å². The largest absolute Gasteiger partial charge is 0.469 e. The zero-order valence-corrected chi connectivity index (χ0v) is 22.2. The van der Waals surface area contributed by atoms with E-state index in [0.717, 1.165) is 48.6 Å². The lowest BCUT2D eigenvalue weighted by molar-refractivity contribution is -0.116. The molecule has 1 aliphatic heterocycles. The lowest BCUT2D eigenvalue weighted by Crippen LogP contribution is -2.22. The van der Waals surface area contributed by atoms with Crippen LogP contribution in [-0.2, 0) is 17.6 Å². The molecule has 2 aromatic heterocycles.